The molecule has 2 aromatic heterocycles. The zero-order valence-corrected chi connectivity index (χ0v) is 18.6. The molecule has 0 spiro atoms. The third kappa shape index (κ3) is 3.59. The summed E-state index contributed by atoms with van der Waals surface area (Å²) in [6.45, 7) is 0. The zero-order chi connectivity index (χ0) is 19.8. The highest BCUT2D eigenvalue weighted by Gasteiger charge is 2.17. The molecule has 0 aliphatic carbocycles. The van der Waals surface area contributed by atoms with Crippen LogP contribution in [-0.4, -0.2) is 17.1 Å². The Morgan fingerprint density at radius 1 is 0.862 bits per heavy atom. The molecule has 0 aliphatic rings. The van der Waals surface area contributed by atoms with Gasteiger partial charge in [0.2, 0.25) is 0 Å². The second-order valence-electron chi connectivity index (χ2n) is 6.42. The van der Waals surface area contributed by atoms with Crippen LogP contribution >= 0.6 is 38.6 Å². The molecule has 0 fully saturated rings. The van der Waals surface area contributed by atoms with E-state index < -0.39 is 0 Å². The third-order valence-electron chi connectivity index (χ3n) is 4.54. The van der Waals surface area contributed by atoms with Crippen molar-refractivity contribution in [1.29, 1.82) is 0 Å². The van der Waals surface area contributed by atoms with E-state index in [1.54, 1.807) is 29.8 Å². The Bertz CT molecular complexity index is 1230. The minimum atomic E-state index is 0.813. The average Bonchev–Trinajstić information content (AvgIpc) is 3.36. The van der Waals surface area contributed by atoms with Gasteiger partial charge in [-0.25, -0.2) is 9.97 Å². The van der Waals surface area contributed by atoms with E-state index in [-0.39, 0.29) is 0 Å². The van der Waals surface area contributed by atoms with E-state index in [9.17, 15) is 0 Å². The summed E-state index contributed by atoms with van der Waals surface area (Å²) in [5.41, 5.74) is 3.99. The standard InChI is InChI=1S/C23H15BrN2OS2/c1-27-19-11-10-15(24)12-14(19)13-16(22-25-17-6-2-4-8-20(17)28-22)23-26-18-7-3-5-9-21(18)29-23/h2-13H,1H3. The highest BCUT2D eigenvalue weighted by atomic mass is 79.9. The van der Waals surface area contributed by atoms with Gasteiger partial charge in [-0.1, -0.05) is 40.2 Å². The molecular weight excluding hydrogens is 464 g/mol. The van der Waals surface area contributed by atoms with Crippen LogP contribution in [0.5, 0.6) is 5.75 Å². The SMILES string of the molecule is COc1ccc(Br)cc1C=C(c1nc2ccccc2s1)c1nc2ccccc2s1. The topological polar surface area (TPSA) is 35.0 Å². The van der Waals surface area contributed by atoms with E-state index in [0.717, 1.165) is 51.8 Å². The number of rotatable bonds is 4. The molecule has 0 aliphatic heterocycles. The maximum atomic E-state index is 5.59. The average molecular weight is 479 g/mol. The van der Waals surface area contributed by atoms with Gasteiger partial charge in [0.25, 0.3) is 0 Å². The van der Waals surface area contributed by atoms with Gasteiger partial charge in [-0.15, -0.1) is 22.7 Å². The fourth-order valence-corrected chi connectivity index (χ4v) is 5.57. The molecule has 0 N–H and O–H groups in total. The van der Waals surface area contributed by atoms with Crippen molar-refractivity contribution in [2.24, 2.45) is 0 Å². The van der Waals surface area contributed by atoms with Crippen LogP contribution in [-0.2, 0) is 0 Å². The monoisotopic (exact) mass is 478 g/mol. The molecule has 142 valence electrons. The van der Waals surface area contributed by atoms with Gasteiger partial charge in [0.05, 0.1) is 27.5 Å². The molecule has 3 nitrogen and oxygen atoms in total. The molecule has 0 saturated carbocycles. The Hall–Kier alpha value is -2.54. The number of nitrogens with zero attached hydrogens (tertiary/aromatic N) is 2. The smallest absolute Gasteiger partial charge is 0.127 e. The van der Waals surface area contributed by atoms with Gasteiger partial charge in [-0.3, -0.25) is 0 Å². The van der Waals surface area contributed by atoms with E-state index in [4.69, 9.17) is 14.7 Å². The lowest BCUT2D eigenvalue weighted by molar-refractivity contribution is 0.414. The number of halogens is 1. The first kappa shape index (κ1) is 18.5. The number of aromatic nitrogens is 2. The van der Waals surface area contributed by atoms with E-state index in [0.29, 0.717) is 0 Å². The minimum Gasteiger partial charge on any atom is -0.496 e. The van der Waals surface area contributed by atoms with Gasteiger partial charge in [-0.2, -0.15) is 0 Å². The summed E-state index contributed by atoms with van der Waals surface area (Å²) in [7, 11) is 1.69. The minimum absolute atomic E-state index is 0.813. The summed E-state index contributed by atoms with van der Waals surface area (Å²) >= 11 is 6.94. The number of hydrogen-bond acceptors (Lipinski definition) is 5. The number of thiazole rings is 2. The zero-order valence-electron chi connectivity index (χ0n) is 15.4. The van der Waals surface area contributed by atoms with Crippen molar-refractivity contribution in [2.75, 3.05) is 7.11 Å². The molecule has 3 aromatic carbocycles. The Morgan fingerprint density at radius 3 is 2.00 bits per heavy atom. The predicted octanol–water partition coefficient (Wildman–Crippen LogP) is 7.27. The number of ether oxygens (including phenoxy) is 1. The van der Waals surface area contributed by atoms with Crippen LogP contribution in [0.15, 0.2) is 71.2 Å². The second kappa shape index (κ2) is 7.71. The van der Waals surface area contributed by atoms with Crippen LogP contribution in [0.25, 0.3) is 32.1 Å². The first-order valence-electron chi connectivity index (χ1n) is 8.98. The fourth-order valence-electron chi connectivity index (χ4n) is 3.16. The molecule has 0 amide bonds. The number of fused-ring (bicyclic) bond motifs is 2. The van der Waals surface area contributed by atoms with Crippen LogP contribution < -0.4 is 4.74 Å². The molecule has 2 heterocycles. The highest BCUT2D eigenvalue weighted by molar-refractivity contribution is 9.10. The number of benzene rings is 3. The molecule has 0 atom stereocenters. The second-order valence-corrected chi connectivity index (χ2v) is 9.39. The number of methoxy groups -OCH3 is 1. The first-order valence-corrected chi connectivity index (χ1v) is 11.4. The van der Waals surface area contributed by atoms with Crippen molar-refractivity contribution in [2.45, 2.75) is 0 Å². The molecular formula is C23H15BrN2OS2. The Kier molecular flexibility index (Phi) is 4.91. The molecule has 5 aromatic rings. The van der Waals surface area contributed by atoms with Crippen molar-refractivity contribution in [3.05, 3.63) is 86.8 Å². The van der Waals surface area contributed by atoms with Gasteiger partial charge < -0.3 is 4.74 Å². The summed E-state index contributed by atoms with van der Waals surface area (Å²) in [6.07, 6.45) is 2.12. The van der Waals surface area contributed by atoms with Gasteiger partial charge in [0.15, 0.2) is 0 Å². The van der Waals surface area contributed by atoms with Crippen molar-refractivity contribution in [3.8, 4) is 5.75 Å². The third-order valence-corrected chi connectivity index (χ3v) is 7.17. The van der Waals surface area contributed by atoms with Crippen molar-refractivity contribution < 1.29 is 4.74 Å². The van der Waals surface area contributed by atoms with E-state index in [1.807, 2.05) is 48.5 Å². The van der Waals surface area contributed by atoms with Crippen LogP contribution in [0.3, 0.4) is 0 Å². The van der Waals surface area contributed by atoms with Gasteiger partial charge in [0.1, 0.15) is 15.8 Å². The summed E-state index contributed by atoms with van der Waals surface area (Å²) in [4.78, 5) is 9.80. The predicted molar refractivity (Wildman–Crippen MR) is 127 cm³/mol. The first-order chi connectivity index (χ1) is 14.2. The van der Waals surface area contributed by atoms with Crippen LogP contribution in [0.2, 0.25) is 0 Å². The molecule has 5 rings (SSSR count). The van der Waals surface area contributed by atoms with E-state index in [1.165, 1.54) is 0 Å². The van der Waals surface area contributed by atoms with Crippen molar-refractivity contribution in [1.82, 2.24) is 9.97 Å². The summed E-state index contributed by atoms with van der Waals surface area (Å²) in [5, 5.41) is 1.90. The Morgan fingerprint density at radius 2 is 1.45 bits per heavy atom. The van der Waals surface area contributed by atoms with Crippen LogP contribution in [0.1, 0.15) is 15.6 Å². The molecule has 0 unspecified atom stereocenters. The Labute approximate surface area is 184 Å². The number of para-hydroxylation sites is 2. The molecule has 6 heteroatoms. The highest BCUT2D eigenvalue weighted by Crippen LogP contribution is 2.37. The van der Waals surface area contributed by atoms with Gasteiger partial charge >= 0.3 is 0 Å². The van der Waals surface area contributed by atoms with Crippen LogP contribution in [0, 0.1) is 0 Å². The lowest BCUT2D eigenvalue weighted by Gasteiger charge is -2.07. The van der Waals surface area contributed by atoms with Gasteiger partial charge in [0, 0.05) is 15.6 Å². The summed E-state index contributed by atoms with van der Waals surface area (Å²) < 4.78 is 8.91. The van der Waals surface area contributed by atoms with E-state index >= 15 is 0 Å². The fraction of sp³-hybridized carbons (Fsp3) is 0.0435. The lowest BCUT2D eigenvalue weighted by Crippen LogP contribution is -1.90. The summed E-state index contributed by atoms with van der Waals surface area (Å²) in [6, 6.07) is 22.4. The van der Waals surface area contributed by atoms with Crippen molar-refractivity contribution in [3.63, 3.8) is 0 Å². The maximum absolute atomic E-state index is 5.59. The lowest BCUT2D eigenvalue weighted by atomic mass is 10.1. The molecule has 0 radical (unpaired) electrons. The summed E-state index contributed by atoms with van der Waals surface area (Å²) in [5.74, 6) is 0.813. The van der Waals surface area contributed by atoms with E-state index in [2.05, 4.69) is 40.2 Å². The van der Waals surface area contributed by atoms with Crippen molar-refractivity contribution >= 4 is 70.7 Å². The Balaban J connectivity index is 1.76. The van der Waals surface area contributed by atoms with Gasteiger partial charge in [-0.05, 0) is 48.5 Å². The quantitative estimate of drug-likeness (QED) is 0.272. The number of hydrogen-bond donors (Lipinski definition) is 0. The maximum Gasteiger partial charge on any atom is 0.127 e. The normalized spacial score (nSPS) is 11.1. The van der Waals surface area contributed by atoms with Crippen LogP contribution in [0.4, 0.5) is 0 Å². The molecule has 29 heavy (non-hydrogen) atoms. The molecule has 0 bridgehead atoms. The molecule has 0 saturated heterocycles. The largest absolute Gasteiger partial charge is 0.496 e.